The summed E-state index contributed by atoms with van der Waals surface area (Å²) in [6.07, 6.45) is 1.77. The van der Waals surface area contributed by atoms with Crippen LogP contribution in [-0.4, -0.2) is 39.8 Å². The third-order valence-electron chi connectivity index (χ3n) is 6.44. The number of halogens is 1. The van der Waals surface area contributed by atoms with Gasteiger partial charge in [-0.05, 0) is 50.5 Å². The van der Waals surface area contributed by atoms with Crippen LogP contribution in [-0.2, 0) is 11.3 Å². The Bertz CT molecular complexity index is 1150. The summed E-state index contributed by atoms with van der Waals surface area (Å²) in [5.74, 6) is 0.0255. The summed E-state index contributed by atoms with van der Waals surface area (Å²) < 4.78 is 7.85. The predicted octanol–water partition coefficient (Wildman–Crippen LogP) is 4.95. The number of aryl methyl sites for hydroxylation is 1. The molecule has 0 spiro atoms. The van der Waals surface area contributed by atoms with Gasteiger partial charge in [0.05, 0.1) is 23.9 Å². The number of carbonyl (C=O) groups is 1. The van der Waals surface area contributed by atoms with Gasteiger partial charge in [0.25, 0.3) is 5.91 Å². The summed E-state index contributed by atoms with van der Waals surface area (Å²) >= 11 is 6.40. The number of rotatable bonds is 5. The molecule has 0 saturated carbocycles. The van der Waals surface area contributed by atoms with Crippen molar-refractivity contribution in [3.05, 3.63) is 81.6 Å². The fourth-order valence-electron chi connectivity index (χ4n) is 4.77. The van der Waals surface area contributed by atoms with Gasteiger partial charge in [-0.15, -0.1) is 0 Å². The number of nitrogens with zero attached hydrogens (tertiary/aromatic N) is 3. The van der Waals surface area contributed by atoms with E-state index in [0.29, 0.717) is 18.7 Å². The molecule has 1 saturated heterocycles. The number of aromatic nitrogens is 2. The summed E-state index contributed by atoms with van der Waals surface area (Å²) in [5, 5.41) is 9.15. The molecule has 5 rings (SSSR count). The lowest BCUT2D eigenvalue weighted by atomic mass is 10.0. The molecular formula is C25H27ClN4O2. The molecule has 2 atom stereocenters. The van der Waals surface area contributed by atoms with Gasteiger partial charge >= 0.3 is 0 Å². The summed E-state index contributed by atoms with van der Waals surface area (Å²) in [5.41, 5.74) is 5.50. The molecular weight excluding hydrogens is 424 g/mol. The van der Waals surface area contributed by atoms with Crippen LogP contribution in [0, 0.1) is 13.8 Å². The zero-order valence-corrected chi connectivity index (χ0v) is 19.1. The zero-order valence-electron chi connectivity index (χ0n) is 18.3. The van der Waals surface area contributed by atoms with Gasteiger partial charge in [0.15, 0.2) is 0 Å². The zero-order chi connectivity index (χ0) is 22.2. The minimum Gasteiger partial charge on any atom is -0.376 e. The maximum atomic E-state index is 13.5. The van der Waals surface area contributed by atoms with E-state index in [0.717, 1.165) is 52.7 Å². The van der Waals surface area contributed by atoms with E-state index in [9.17, 15) is 4.79 Å². The second-order valence-corrected chi connectivity index (χ2v) is 8.93. The van der Waals surface area contributed by atoms with Crippen LogP contribution >= 0.6 is 11.6 Å². The Morgan fingerprint density at radius 1 is 1.16 bits per heavy atom. The van der Waals surface area contributed by atoms with Gasteiger partial charge in [-0.25, -0.2) is 0 Å². The Balaban J connectivity index is 1.53. The smallest absolute Gasteiger partial charge is 0.257 e. The molecule has 0 bridgehead atoms. The molecule has 2 aliphatic rings. The van der Waals surface area contributed by atoms with Crippen LogP contribution in [0.3, 0.4) is 0 Å². The minimum absolute atomic E-state index is 0.0255. The number of amides is 1. The van der Waals surface area contributed by atoms with Gasteiger partial charge in [0.1, 0.15) is 6.17 Å². The molecule has 32 heavy (non-hydrogen) atoms. The van der Waals surface area contributed by atoms with E-state index < -0.39 is 0 Å². The van der Waals surface area contributed by atoms with E-state index in [1.54, 1.807) is 0 Å². The van der Waals surface area contributed by atoms with Gasteiger partial charge < -0.3 is 15.0 Å². The summed E-state index contributed by atoms with van der Waals surface area (Å²) in [7, 11) is 0. The van der Waals surface area contributed by atoms with Crippen LogP contribution in [0.2, 0.25) is 5.02 Å². The molecule has 1 aromatic heterocycles. The lowest BCUT2D eigenvalue weighted by molar-refractivity contribution is 0.0425. The number of benzene rings is 2. The molecule has 2 aliphatic heterocycles. The van der Waals surface area contributed by atoms with Crippen LogP contribution in [0.4, 0.5) is 5.69 Å². The number of hydrogen-bond acceptors (Lipinski definition) is 4. The Kier molecular flexibility index (Phi) is 5.66. The van der Waals surface area contributed by atoms with Gasteiger partial charge in [-0.1, -0.05) is 41.9 Å². The van der Waals surface area contributed by atoms with E-state index in [2.05, 4.69) is 12.2 Å². The van der Waals surface area contributed by atoms with Crippen molar-refractivity contribution in [1.82, 2.24) is 14.7 Å². The molecule has 0 radical (unpaired) electrons. The molecule has 7 heteroatoms. The van der Waals surface area contributed by atoms with Crippen molar-refractivity contribution >= 4 is 23.2 Å². The van der Waals surface area contributed by atoms with Crippen LogP contribution in [0.5, 0.6) is 0 Å². The van der Waals surface area contributed by atoms with Gasteiger partial charge in [-0.3, -0.25) is 9.48 Å². The van der Waals surface area contributed by atoms with Gasteiger partial charge in [-0.2, -0.15) is 5.10 Å². The number of ether oxygens (including phenoxy) is 1. The quantitative estimate of drug-likeness (QED) is 0.597. The SMILES string of the molecule is Cc1nn(Cc2ccccc2Cl)c(C)c1[C@H]1Nc2ccccc2C(=O)N1C[C@H]1CCCO1. The first-order valence-corrected chi connectivity index (χ1v) is 11.5. The average molecular weight is 451 g/mol. The fraction of sp³-hybridized carbons (Fsp3) is 0.360. The van der Waals surface area contributed by atoms with Crippen LogP contribution in [0.1, 0.15) is 51.9 Å². The molecule has 3 heterocycles. The Morgan fingerprint density at radius 2 is 1.94 bits per heavy atom. The van der Waals surface area contributed by atoms with Crippen LogP contribution in [0.15, 0.2) is 48.5 Å². The number of fused-ring (bicyclic) bond motifs is 1. The Hall–Kier alpha value is -2.83. The molecule has 0 aliphatic carbocycles. The summed E-state index contributed by atoms with van der Waals surface area (Å²) in [4.78, 5) is 15.5. The Labute approximate surface area is 193 Å². The van der Waals surface area contributed by atoms with Crippen molar-refractivity contribution in [3.63, 3.8) is 0 Å². The topological polar surface area (TPSA) is 59.4 Å². The predicted molar refractivity (Wildman–Crippen MR) is 125 cm³/mol. The number of carbonyl (C=O) groups excluding carboxylic acids is 1. The summed E-state index contributed by atoms with van der Waals surface area (Å²) in [6.45, 7) is 5.95. The third-order valence-corrected chi connectivity index (χ3v) is 6.80. The van der Waals surface area contributed by atoms with Crippen molar-refractivity contribution in [2.75, 3.05) is 18.5 Å². The van der Waals surface area contributed by atoms with Gasteiger partial charge in [0, 0.05) is 35.1 Å². The number of hydrogen-bond donors (Lipinski definition) is 1. The number of anilines is 1. The van der Waals surface area contributed by atoms with E-state index >= 15 is 0 Å². The van der Waals surface area contributed by atoms with Crippen molar-refractivity contribution < 1.29 is 9.53 Å². The van der Waals surface area contributed by atoms with Crippen molar-refractivity contribution in [2.45, 2.75) is 45.5 Å². The first-order valence-electron chi connectivity index (χ1n) is 11.1. The largest absolute Gasteiger partial charge is 0.376 e. The molecule has 2 aromatic carbocycles. The molecule has 166 valence electrons. The fourth-order valence-corrected chi connectivity index (χ4v) is 4.96. The van der Waals surface area contributed by atoms with Crippen molar-refractivity contribution in [1.29, 1.82) is 0 Å². The standard InChI is InChI=1S/C25H27ClN4O2/c1-16-23(17(2)30(28-16)14-18-8-3-5-11-21(18)26)24-27-22-12-6-4-10-20(22)25(31)29(24)15-19-9-7-13-32-19/h3-6,8,10-12,19,24,27H,7,9,13-15H2,1-2H3/t19-,24+/m1/s1. The molecule has 0 unspecified atom stereocenters. The maximum absolute atomic E-state index is 13.5. The normalized spacial score (nSPS) is 20.3. The van der Waals surface area contributed by atoms with E-state index in [4.69, 9.17) is 21.4 Å². The molecule has 1 amide bonds. The minimum atomic E-state index is -0.304. The number of para-hydroxylation sites is 1. The maximum Gasteiger partial charge on any atom is 0.257 e. The van der Waals surface area contributed by atoms with Crippen LogP contribution in [0.25, 0.3) is 0 Å². The first kappa shape index (κ1) is 21.0. The van der Waals surface area contributed by atoms with Crippen molar-refractivity contribution in [3.8, 4) is 0 Å². The van der Waals surface area contributed by atoms with Gasteiger partial charge in [0.2, 0.25) is 0 Å². The average Bonchev–Trinajstić information content (AvgIpc) is 3.40. The monoisotopic (exact) mass is 450 g/mol. The molecule has 1 N–H and O–H groups in total. The molecule has 6 nitrogen and oxygen atoms in total. The molecule has 3 aromatic rings. The number of nitrogens with one attached hydrogen (secondary N) is 1. The highest BCUT2D eigenvalue weighted by Crippen LogP contribution is 2.36. The van der Waals surface area contributed by atoms with Crippen LogP contribution < -0.4 is 5.32 Å². The second-order valence-electron chi connectivity index (χ2n) is 8.52. The second kappa shape index (κ2) is 8.60. The highest BCUT2D eigenvalue weighted by molar-refractivity contribution is 6.31. The van der Waals surface area contributed by atoms with E-state index in [1.807, 2.05) is 65.0 Å². The van der Waals surface area contributed by atoms with E-state index in [-0.39, 0.29) is 18.2 Å². The highest BCUT2D eigenvalue weighted by Gasteiger charge is 2.37. The third kappa shape index (κ3) is 3.78. The lowest BCUT2D eigenvalue weighted by Gasteiger charge is -2.39. The highest BCUT2D eigenvalue weighted by atomic mass is 35.5. The van der Waals surface area contributed by atoms with E-state index in [1.165, 1.54) is 0 Å². The molecule has 1 fully saturated rings. The lowest BCUT2D eigenvalue weighted by Crippen LogP contribution is -2.46. The van der Waals surface area contributed by atoms with Crippen molar-refractivity contribution in [2.24, 2.45) is 0 Å². The Morgan fingerprint density at radius 3 is 2.72 bits per heavy atom. The summed E-state index contributed by atoms with van der Waals surface area (Å²) in [6, 6.07) is 15.5. The first-order chi connectivity index (χ1) is 15.5.